The van der Waals surface area contributed by atoms with Crippen LogP contribution >= 0.6 is 0 Å². The average molecular weight is 339 g/mol. The van der Waals surface area contributed by atoms with Crippen molar-refractivity contribution in [2.24, 2.45) is 0 Å². The van der Waals surface area contributed by atoms with Gasteiger partial charge in [0.2, 0.25) is 0 Å². The lowest BCUT2D eigenvalue weighted by Gasteiger charge is -2.32. The van der Waals surface area contributed by atoms with E-state index in [9.17, 15) is 0 Å². The first-order chi connectivity index (χ1) is 12.8. The van der Waals surface area contributed by atoms with Gasteiger partial charge in [-0.15, -0.1) is 0 Å². The normalized spacial score (nSPS) is 18.3. The Morgan fingerprint density at radius 2 is 1.27 bits per heavy atom. The molecule has 3 aromatic rings. The fourth-order valence-corrected chi connectivity index (χ4v) is 4.10. The first-order valence-corrected chi connectivity index (χ1v) is 9.32. The van der Waals surface area contributed by atoms with Crippen molar-refractivity contribution in [1.29, 1.82) is 0 Å². The van der Waals surface area contributed by atoms with Crippen LogP contribution in [0.1, 0.15) is 23.1 Å². The third-order valence-electron chi connectivity index (χ3n) is 5.55. The topological polar surface area (TPSA) is 3.24 Å². The Hall–Kier alpha value is -2.64. The Morgan fingerprint density at radius 3 is 1.81 bits per heavy atom. The summed E-state index contributed by atoms with van der Waals surface area (Å²) in [5.41, 5.74) is 4.06. The molecule has 1 heteroatoms. The van der Waals surface area contributed by atoms with Gasteiger partial charge in [-0.1, -0.05) is 103 Å². The Balaban J connectivity index is 1.63. The number of hydrogen-bond acceptors (Lipinski definition) is 1. The van der Waals surface area contributed by atoms with Crippen molar-refractivity contribution in [2.75, 3.05) is 7.05 Å². The van der Waals surface area contributed by atoms with E-state index >= 15 is 0 Å². The second kappa shape index (κ2) is 7.31. The molecule has 1 aliphatic carbocycles. The van der Waals surface area contributed by atoms with Gasteiger partial charge >= 0.3 is 0 Å². The molecule has 1 atom stereocenters. The predicted octanol–water partition coefficient (Wildman–Crippen LogP) is 5.43. The van der Waals surface area contributed by atoms with Crippen molar-refractivity contribution < 1.29 is 0 Å². The molecule has 0 spiro atoms. The minimum absolute atomic E-state index is 0.0435. The second-order valence-electron chi connectivity index (χ2n) is 7.23. The van der Waals surface area contributed by atoms with Gasteiger partial charge < -0.3 is 0 Å². The summed E-state index contributed by atoms with van der Waals surface area (Å²) < 4.78 is 0. The van der Waals surface area contributed by atoms with Gasteiger partial charge in [0.05, 0.1) is 0 Å². The second-order valence-corrected chi connectivity index (χ2v) is 7.23. The molecule has 4 rings (SSSR count). The van der Waals surface area contributed by atoms with Gasteiger partial charge in [-0.3, -0.25) is 4.90 Å². The predicted molar refractivity (Wildman–Crippen MR) is 109 cm³/mol. The number of allylic oxidation sites excluding steroid dienone is 1. The first kappa shape index (κ1) is 16.8. The molecule has 1 aliphatic rings. The summed E-state index contributed by atoms with van der Waals surface area (Å²) in [6.45, 7) is 0.968. The van der Waals surface area contributed by atoms with Gasteiger partial charge in [0.15, 0.2) is 0 Å². The van der Waals surface area contributed by atoms with E-state index in [0.717, 1.165) is 13.0 Å². The van der Waals surface area contributed by atoms with E-state index in [1.807, 2.05) is 0 Å². The highest BCUT2D eigenvalue weighted by molar-refractivity contribution is 5.47. The van der Waals surface area contributed by atoms with Gasteiger partial charge in [0.1, 0.15) is 0 Å². The molecule has 0 heterocycles. The fourth-order valence-electron chi connectivity index (χ4n) is 4.10. The van der Waals surface area contributed by atoms with Crippen molar-refractivity contribution in [3.63, 3.8) is 0 Å². The lowest BCUT2D eigenvalue weighted by Crippen LogP contribution is -2.33. The molecule has 0 saturated carbocycles. The van der Waals surface area contributed by atoms with E-state index in [1.165, 1.54) is 16.7 Å². The molecule has 3 aromatic carbocycles. The molecule has 1 unspecified atom stereocenters. The highest BCUT2D eigenvalue weighted by atomic mass is 15.1. The number of rotatable bonds is 5. The zero-order valence-electron chi connectivity index (χ0n) is 15.3. The van der Waals surface area contributed by atoms with Crippen molar-refractivity contribution in [3.05, 3.63) is 120 Å². The Kier molecular flexibility index (Phi) is 4.73. The third kappa shape index (κ3) is 3.23. The van der Waals surface area contributed by atoms with Gasteiger partial charge in [-0.25, -0.2) is 0 Å². The van der Waals surface area contributed by atoms with Crippen LogP contribution in [0.25, 0.3) is 0 Å². The minimum atomic E-state index is -0.0435. The molecule has 26 heavy (non-hydrogen) atoms. The van der Waals surface area contributed by atoms with Crippen LogP contribution in [0.3, 0.4) is 0 Å². The molecule has 0 aromatic heterocycles. The number of hydrogen-bond donors (Lipinski definition) is 0. The molecular formula is C25H25N. The van der Waals surface area contributed by atoms with Crippen molar-refractivity contribution >= 4 is 0 Å². The standard InChI is InChI=1S/C25H25N/c1-26(20-21-11-5-2-6-12-21)24-17-18-25(19-24,22-13-7-3-8-14-22)23-15-9-4-10-16-23/h2-18,24H,19-20H2,1H3. The van der Waals surface area contributed by atoms with Crippen LogP contribution in [0.15, 0.2) is 103 Å². The van der Waals surface area contributed by atoms with E-state index in [1.54, 1.807) is 0 Å². The Bertz CT molecular complexity index is 813. The lowest BCUT2D eigenvalue weighted by molar-refractivity contribution is 0.257. The zero-order chi connectivity index (χ0) is 17.8. The summed E-state index contributed by atoms with van der Waals surface area (Å²) in [5, 5.41) is 0. The molecule has 1 nitrogen and oxygen atoms in total. The summed E-state index contributed by atoms with van der Waals surface area (Å²) in [6, 6.07) is 33.0. The molecule has 0 radical (unpaired) electrons. The third-order valence-corrected chi connectivity index (χ3v) is 5.55. The molecule has 0 aliphatic heterocycles. The number of likely N-dealkylation sites (N-methyl/N-ethyl adjacent to an activating group) is 1. The van der Waals surface area contributed by atoms with E-state index < -0.39 is 0 Å². The summed E-state index contributed by atoms with van der Waals surface area (Å²) in [5.74, 6) is 0. The van der Waals surface area contributed by atoms with Gasteiger partial charge in [-0.05, 0) is 30.2 Å². The van der Waals surface area contributed by atoms with Crippen molar-refractivity contribution in [1.82, 2.24) is 4.90 Å². The van der Waals surface area contributed by atoms with E-state index in [4.69, 9.17) is 0 Å². The van der Waals surface area contributed by atoms with E-state index in [2.05, 4.69) is 115 Å². The van der Waals surface area contributed by atoms with Crippen LogP contribution in [-0.4, -0.2) is 18.0 Å². The summed E-state index contributed by atoms with van der Waals surface area (Å²) >= 11 is 0. The fraction of sp³-hybridized carbons (Fsp3) is 0.200. The van der Waals surface area contributed by atoms with Crippen molar-refractivity contribution in [2.45, 2.75) is 24.4 Å². The average Bonchev–Trinajstić information content (AvgIpc) is 3.17. The maximum atomic E-state index is 2.46. The smallest absolute Gasteiger partial charge is 0.0400 e. The number of benzene rings is 3. The summed E-state index contributed by atoms with van der Waals surface area (Å²) in [6.07, 6.45) is 5.89. The van der Waals surface area contributed by atoms with Gasteiger partial charge in [0.25, 0.3) is 0 Å². The van der Waals surface area contributed by atoms with E-state index in [0.29, 0.717) is 6.04 Å². The van der Waals surface area contributed by atoms with Crippen LogP contribution in [0, 0.1) is 0 Å². The Morgan fingerprint density at radius 1 is 0.769 bits per heavy atom. The largest absolute Gasteiger partial charge is 0.296 e. The summed E-state index contributed by atoms with van der Waals surface area (Å²) in [7, 11) is 2.23. The molecule has 0 bridgehead atoms. The minimum Gasteiger partial charge on any atom is -0.296 e. The number of nitrogens with zero attached hydrogens (tertiary/aromatic N) is 1. The molecular weight excluding hydrogens is 314 g/mol. The monoisotopic (exact) mass is 339 g/mol. The lowest BCUT2D eigenvalue weighted by atomic mass is 9.73. The summed E-state index contributed by atoms with van der Waals surface area (Å²) in [4.78, 5) is 2.46. The Labute approximate surface area is 156 Å². The SMILES string of the molecule is CN(Cc1ccccc1)C1C=CC(c2ccccc2)(c2ccccc2)C1. The van der Waals surface area contributed by atoms with Crippen LogP contribution in [0.2, 0.25) is 0 Å². The quantitative estimate of drug-likeness (QED) is 0.560. The first-order valence-electron chi connectivity index (χ1n) is 9.32. The van der Waals surface area contributed by atoms with E-state index in [-0.39, 0.29) is 5.41 Å². The van der Waals surface area contributed by atoms with Gasteiger partial charge in [0, 0.05) is 18.0 Å². The van der Waals surface area contributed by atoms with Crippen molar-refractivity contribution in [3.8, 4) is 0 Å². The van der Waals surface area contributed by atoms with Crippen LogP contribution < -0.4 is 0 Å². The molecule has 0 amide bonds. The van der Waals surface area contributed by atoms with Gasteiger partial charge in [-0.2, -0.15) is 0 Å². The maximum absolute atomic E-state index is 2.46. The zero-order valence-corrected chi connectivity index (χ0v) is 15.3. The highest BCUT2D eigenvalue weighted by Crippen LogP contribution is 2.43. The van der Waals surface area contributed by atoms with Crippen LogP contribution in [0.5, 0.6) is 0 Å². The molecule has 0 N–H and O–H groups in total. The van der Waals surface area contributed by atoms with Crippen LogP contribution in [0.4, 0.5) is 0 Å². The molecule has 0 saturated heterocycles. The molecule has 130 valence electrons. The molecule has 0 fully saturated rings. The highest BCUT2D eigenvalue weighted by Gasteiger charge is 2.38. The van der Waals surface area contributed by atoms with Crippen LogP contribution in [-0.2, 0) is 12.0 Å². The maximum Gasteiger partial charge on any atom is 0.0400 e.